The molecule has 1 unspecified atom stereocenters. The van der Waals surface area contributed by atoms with Gasteiger partial charge in [-0.25, -0.2) is 0 Å². The third kappa shape index (κ3) is 10.0. The largest absolute Gasteiger partial charge is 0.480 e. The number of carbonyl (C=O) groups is 1. The van der Waals surface area contributed by atoms with Crippen molar-refractivity contribution >= 4 is 5.97 Å². The first-order chi connectivity index (χ1) is 11.2. The molecule has 0 saturated carbocycles. The van der Waals surface area contributed by atoms with Crippen molar-refractivity contribution in [1.29, 1.82) is 0 Å². The van der Waals surface area contributed by atoms with E-state index in [1.165, 1.54) is 0 Å². The van der Waals surface area contributed by atoms with Crippen molar-refractivity contribution in [3.63, 3.8) is 0 Å². The van der Waals surface area contributed by atoms with Crippen LogP contribution in [0.5, 0.6) is 0 Å². The van der Waals surface area contributed by atoms with Crippen molar-refractivity contribution in [1.82, 2.24) is 20.9 Å². The average Bonchev–Trinajstić information content (AvgIpc) is 2.57. The summed E-state index contributed by atoms with van der Waals surface area (Å²) in [5.74, 6) is -0.751. The van der Waals surface area contributed by atoms with Gasteiger partial charge in [0.2, 0.25) is 0 Å². The van der Waals surface area contributed by atoms with Crippen molar-refractivity contribution in [2.75, 3.05) is 52.4 Å². The van der Waals surface area contributed by atoms with Crippen LogP contribution >= 0.6 is 0 Å². The number of hydrogen-bond donors (Lipinski definition) is 4. The minimum absolute atomic E-state index is 0.417. The van der Waals surface area contributed by atoms with Gasteiger partial charge in [-0.05, 0) is 6.92 Å². The number of aliphatic carboxylic acids is 1. The molecule has 6 heteroatoms. The molecule has 1 aliphatic rings. The minimum Gasteiger partial charge on any atom is -0.480 e. The summed E-state index contributed by atoms with van der Waals surface area (Å²) in [7, 11) is 0. The number of nitrogens with one attached hydrogen (secondary N) is 3. The summed E-state index contributed by atoms with van der Waals surface area (Å²) >= 11 is 0. The van der Waals surface area contributed by atoms with Crippen LogP contribution in [0, 0.1) is 0 Å². The monoisotopic (exact) mass is 322 g/mol. The molecule has 1 atom stereocenters. The van der Waals surface area contributed by atoms with Crippen LogP contribution in [-0.2, 0) is 4.79 Å². The molecular formula is C17H30N4O2. The Labute approximate surface area is 139 Å². The van der Waals surface area contributed by atoms with Gasteiger partial charge in [0.1, 0.15) is 6.04 Å². The molecule has 130 valence electrons. The summed E-state index contributed by atoms with van der Waals surface area (Å²) in [5.41, 5.74) is 0. The number of carboxylic acid groups (broad SMARTS) is 1. The van der Waals surface area contributed by atoms with Gasteiger partial charge in [0.05, 0.1) is 0 Å². The first-order valence-corrected chi connectivity index (χ1v) is 8.31. The fraction of sp³-hybridized carbons (Fsp3) is 0.588. The van der Waals surface area contributed by atoms with Gasteiger partial charge < -0.3 is 21.1 Å². The highest BCUT2D eigenvalue weighted by Gasteiger charge is 2.19. The van der Waals surface area contributed by atoms with Gasteiger partial charge in [-0.2, -0.15) is 0 Å². The molecule has 0 aromatic heterocycles. The Morgan fingerprint density at radius 2 is 1.17 bits per heavy atom. The Morgan fingerprint density at radius 3 is 1.52 bits per heavy atom. The Morgan fingerprint density at radius 1 is 0.826 bits per heavy atom. The third-order valence-electron chi connectivity index (χ3n) is 3.68. The maximum absolute atomic E-state index is 11.0. The zero-order valence-corrected chi connectivity index (χ0v) is 14.0. The fourth-order valence-corrected chi connectivity index (χ4v) is 2.21. The number of rotatable bonds is 2. The highest BCUT2D eigenvalue weighted by Crippen LogP contribution is 1.98. The molecule has 1 saturated heterocycles. The molecule has 1 heterocycles. The zero-order valence-electron chi connectivity index (χ0n) is 14.0. The van der Waals surface area contributed by atoms with E-state index in [1.807, 2.05) is 41.3 Å². The fourth-order valence-electron chi connectivity index (χ4n) is 2.21. The van der Waals surface area contributed by atoms with Crippen LogP contribution in [0.3, 0.4) is 0 Å². The second kappa shape index (κ2) is 13.0. The quantitative estimate of drug-likeness (QED) is 0.625. The molecule has 1 fully saturated rings. The molecule has 6 nitrogen and oxygen atoms in total. The highest BCUT2D eigenvalue weighted by molar-refractivity contribution is 5.72. The maximum Gasteiger partial charge on any atom is 0.320 e. The van der Waals surface area contributed by atoms with E-state index >= 15 is 0 Å². The van der Waals surface area contributed by atoms with Gasteiger partial charge in [0.15, 0.2) is 0 Å². The molecule has 0 amide bonds. The topological polar surface area (TPSA) is 76.6 Å². The van der Waals surface area contributed by atoms with Crippen molar-refractivity contribution in [3.8, 4) is 0 Å². The molecule has 0 spiro atoms. The third-order valence-corrected chi connectivity index (χ3v) is 3.68. The average molecular weight is 322 g/mol. The maximum atomic E-state index is 11.0. The van der Waals surface area contributed by atoms with E-state index in [0.717, 1.165) is 52.4 Å². The molecule has 1 aliphatic heterocycles. The van der Waals surface area contributed by atoms with Crippen LogP contribution < -0.4 is 16.0 Å². The van der Waals surface area contributed by atoms with Gasteiger partial charge in [-0.3, -0.25) is 9.69 Å². The second-order valence-electron chi connectivity index (χ2n) is 5.45. The smallest absolute Gasteiger partial charge is 0.320 e. The summed E-state index contributed by atoms with van der Waals surface area (Å²) in [6, 6.07) is 11.6. The van der Waals surface area contributed by atoms with E-state index in [0.29, 0.717) is 0 Å². The minimum atomic E-state index is -0.751. The lowest BCUT2D eigenvalue weighted by Crippen LogP contribution is -2.47. The Bertz CT molecular complexity index is 364. The van der Waals surface area contributed by atoms with Crippen molar-refractivity contribution < 1.29 is 9.90 Å². The SMILES string of the molecule is CC(C(=O)O)N1CCNCCNCCNCC1.c1ccccc1. The lowest BCUT2D eigenvalue weighted by atomic mass is 10.2. The molecule has 0 radical (unpaired) electrons. The van der Waals surface area contributed by atoms with Crippen LogP contribution in [0.15, 0.2) is 36.4 Å². The molecular weight excluding hydrogens is 292 g/mol. The van der Waals surface area contributed by atoms with Gasteiger partial charge in [-0.1, -0.05) is 36.4 Å². The van der Waals surface area contributed by atoms with Gasteiger partial charge >= 0.3 is 5.97 Å². The predicted octanol–water partition coefficient (Wildman–Crippen LogP) is 0.231. The lowest BCUT2D eigenvalue weighted by Gasteiger charge is -2.27. The summed E-state index contributed by atoms with van der Waals surface area (Å²) in [6.45, 7) is 8.72. The van der Waals surface area contributed by atoms with Crippen molar-refractivity contribution in [2.24, 2.45) is 0 Å². The molecule has 4 N–H and O–H groups in total. The second-order valence-corrected chi connectivity index (χ2v) is 5.45. The lowest BCUT2D eigenvalue weighted by molar-refractivity contribution is -0.142. The zero-order chi connectivity index (χ0) is 16.8. The van der Waals surface area contributed by atoms with Gasteiger partial charge in [-0.15, -0.1) is 0 Å². The van der Waals surface area contributed by atoms with Crippen LogP contribution in [0.4, 0.5) is 0 Å². The number of hydrogen-bond acceptors (Lipinski definition) is 5. The predicted molar refractivity (Wildman–Crippen MR) is 93.7 cm³/mol. The summed E-state index contributed by atoms with van der Waals surface area (Å²) < 4.78 is 0. The van der Waals surface area contributed by atoms with Crippen LogP contribution in [0.25, 0.3) is 0 Å². The van der Waals surface area contributed by atoms with Crippen molar-refractivity contribution in [3.05, 3.63) is 36.4 Å². The van der Waals surface area contributed by atoms with E-state index in [-0.39, 0.29) is 0 Å². The molecule has 0 aliphatic carbocycles. The van der Waals surface area contributed by atoms with Crippen LogP contribution in [0.2, 0.25) is 0 Å². The molecule has 0 bridgehead atoms. The summed E-state index contributed by atoms with van der Waals surface area (Å²) in [6.07, 6.45) is 0. The van der Waals surface area contributed by atoms with Crippen LogP contribution in [-0.4, -0.2) is 74.4 Å². The number of nitrogens with zero attached hydrogens (tertiary/aromatic N) is 1. The van der Waals surface area contributed by atoms with E-state index in [9.17, 15) is 4.79 Å². The Hall–Kier alpha value is -1.47. The number of carboxylic acids is 1. The molecule has 23 heavy (non-hydrogen) atoms. The summed E-state index contributed by atoms with van der Waals surface area (Å²) in [4.78, 5) is 13.0. The molecule has 2 rings (SSSR count). The molecule has 1 aromatic carbocycles. The van der Waals surface area contributed by atoms with E-state index < -0.39 is 12.0 Å². The molecule has 1 aromatic rings. The Kier molecular flexibility index (Phi) is 11.1. The summed E-state index contributed by atoms with van der Waals surface area (Å²) in [5, 5.41) is 19.0. The number of benzene rings is 1. The van der Waals surface area contributed by atoms with E-state index in [4.69, 9.17) is 5.11 Å². The normalized spacial score (nSPS) is 19.3. The Balaban J connectivity index is 0.000000366. The first-order valence-electron chi connectivity index (χ1n) is 8.31. The van der Waals surface area contributed by atoms with E-state index in [2.05, 4.69) is 16.0 Å². The standard InChI is InChI=1S/C11H24N4O2.C6H6/c1-10(11(16)17)15-8-6-13-4-2-12-3-5-14-7-9-15;1-2-4-6-5-3-1/h10,12-14H,2-9H2,1H3,(H,16,17);1-6H. The van der Waals surface area contributed by atoms with Crippen LogP contribution in [0.1, 0.15) is 6.92 Å². The van der Waals surface area contributed by atoms with E-state index in [1.54, 1.807) is 6.92 Å². The van der Waals surface area contributed by atoms with Crippen molar-refractivity contribution in [2.45, 2.75) is 13.0 Å². The van der Waals surface area contributed by atoms with Gasteiger partial charge in [0.25, 0.3) is 0 Å². The highest BCUT2D eigenvalue weighted by atomic mass is 16.4. The first kappa shape index (κ1) is 19.6. The van der Waals surface area contributed by atoms with Gasteiger partial charge in [0, 0.05) is 52.4 Å².